The van der Waals surface area contributed by atoms with Crippen molar-refractivity contribution in [3.63, 3.8) is 0 Å². The van der Waals surface area contributed by atoms with Crippen molar-refractivity contribution in [2.75, 3.05) is 0 Å². The van der Waals surface area contributed by atoms with Gasteiger partial charge in [-0.05, 0) is 56.7 Å². The van der Waals surface area contributed by atoms with Crippen LogP contribution in [0, 0.1) is 0 Å². The summed E-state index contributed by atoms with van der Waals surface area (Å²) < 4.78 is 5.28. The largest absolute Gasteiger partial charge is 0.460 e. The molecule has 2 nitrogen and oxygen atoms in total. The summed E-state index contributed by atoms with van der Waals surface area (Å²) in [7, 11) is 0. The molecule has 0 N–H and O–H groups in total. The highest BCUT2D eigenvalue weighted by molar-refractivity contribution is 6.30. The van der Waals surface area contributed by atoms with Gasteiger partial charge >= 0.3 is 5.97 Å². The zero-order valence-electron chi connectivity index (χ0n) is 12.2. The molecule has 1 aromatic rings. The van der Waals surface area contributed by atoms with E-state index in [1.54, 1.807) is 0 Å². The minimum atomic E-state index is -0.369. The highest BCUT2D eigenvalue weighted by Crippen LogP contribution is 2.26. The number of halogens is 1. The zero-order valence-corrected chi connectivity index (χ0v) is 13.0. The van der Waals surface area contributed by atoms with Crippen LogP contribution in [0.15, 0.2) is 24.3 Å². The van der Waals surface area contributed by atoms with E-state index in [2.05, 4.69) is 19.1 Å². The van der Waals surface area contributed by atoms with Gasteiger partial charge in [-0.2, -0.15) is 0 Å². The third-order valence-corrected chi connectivity index (χ3v) is 3.53. The molecule has 19 heavy (non-hydrogen) atoms. The highest BCUT2D eigenvalue weighted by atomic mass is 35.5. The van der Waals surface area contributed by atoms with E-state index in [1.807, 2.05) is 26.0 Å². The first-order valence-electron chi connectivity index (χ1n) is 6.75. The van der Waals surface area contributed by atoms with Gasteiger partial charge in [0.25, 0.3) is 0 Å². The Balaban J connectivity index is 2.40. The summed E-state index contributed by atoms with van der Waals surface area (Å²) in [5.74, 6) is 0.279. The standard InChI is InChI=1S/C16H23ClO2/c1-12(14-7-9-15(17)10-8-14)6-5-11-16(3,4)19-13(2)18/h7-10,12H,5-6,11H2,1-4H3. The van der Waals surface area contributed by atoms with Crippen LogP contribution in [0.25, 0.3) is 0 Å². The van der Waals surface area contributed by atoms with Crippen molar-refractivity contribution in [2.45, 2.75) is 58.5 Å². The smallest absolute Gasteiger partial charge is 0.303 e. The van der Waals surface area contributed by atoms with E-state index >= 15 is 0 Å². The maximum atomic E-state index is 11.0. The van der Waals surface area contributed by atoms with Crippen LogP contribution in [-0.2, 0) is 9.53 Å². The molecule has 0 saturated heterocycles. The summed E-state index contributed by atoms with van der Waals surface area (Å²) in [4.78, 5) is 11.0. The first-order chi connectivity index (χ1) is 8.80. The Labute approximate surface area is 121 Å². The average molecular weight is 283 g/mol. The van der Waals surface area contributed by atoms with Crippen molar-refractivity contribution >= 4 is 17.6 Å². The molecule has 0 spiro atoms. The Hall–Kier alpha value is -1.02. The van der Waals surface area contributed by atoms with Crippen LogP contribution in [0.5, 0.6) is 0 Å². The maximum absolute atomic E-state index is 11.0. The summed E-state index contributed by atoms with van der Waals surface area (Å²) in [6, 6.07) is 8.00. The van der Waals surface area contributed by atoms with Crippen molar-refractivity contribution in [1.82, 2.24) is 0 Å². The van der Waals surface area contributed by atoms with Crippen LogP contribution < -0.4 is 0 Å². The molecule has 1 rings (SSSR count). The molecule has 3 heteroatoms. The van der Waals surface area contributed by atoms with E-state index in [1.165, 1.54) is 12.5 Å². The van der Waals surface area contributed by atoms with Crippen LogP contribution in [0.2, 0.25) is 5.02 Å². The second kappa shape index (κ2) is 6.95. The second-order valence-corrected chi connectivity index (χ2v) is 6.13. The monoisotopic (exact) mass is 282 g/mol. The lowest BCUT2D eigenvalue weighted by Crippen LogP contribution is -2.26. The summed E-state index contributed by atoms with van der Waals surface area (Å²) in [5, 5.41) is 0.770. The quantitative estimate of drug-likeness (QED) is 0.690. The van der Waals surface area contributed by atoms with Crippen LogP contribution >= 0.6 is 11.6 Å². The number of rotatable bonds is 6. The number of ether oxygens (including phenoxy) is 1. The molecule has 0 saturated carbocycles. The van der Waals surface area contributed by atoms with Gasteiger partial charge in [-0.3, -0.25) is 4.79 Å². The van der Waals surface area contributed by atoms with Crippen LogP contribution in [0.3, 0.4) is 0 Å². The van der Waals surface area contributed by atoms with Crippen LogP contribution in [0.4, 0.5) is 0 Å². The molecule has 0 amide bonds. The summed E-state index contributed by atoms with van der Waals surface area (Å²) >= 11 is 5.88. The van der Waals surface area contributed by atoms with Crippen molar-refractivity contribution in [3.8, 4) is 0 Å². The minimum absolute atomic E-state index is 0.212. The Kier molecular flexibility index (Phi) is 5.86. The molecule has 0 aliphatic heterocycles. The molecule has 1 atom stereocenters. The van der Waals surface area contributed by atoms with E-state index in [4.69, 9.17) is 16.3 Å². The lowest BCUT2D eigenvalue weighted by atomic mass is 9.92. The molecule has 1 unspecified atom stereocenters. The minimum Gasteiger partial charge on any atom is -0.460 e. The summed E-state index contributed by atoms with van der Waals surface area (Å²) in [6.07, 6.45) is 2.99. The molecule has 0 radical (unpaired) electrons. The van der Waals surface area contributed by atoms with Gasteiger partial charge in [0.2, 0.25) is 0 Å². The Morgan fingerprint density at radius 2 is 1.89 bits per heavy atom. The SMILES string of the molecule is CC(=O)OC(C)(C)CCCC(C)c1ccc(Cl)cc1. The molecule has 106 valence electrons. The lowest BCUT2D eigenvalue weighted by Gasteiger charge is -2.25. The number of carbonyl (C=O) groups is 1. The third kappa shape index (κ3) is 6.11. The van der Waals surface area contributed by atoms with Crippen LogP contribution in [-0.4, -0.2) is 11.6 Å². The Morgan fingerprint density at radius 3 is 2.42 bits per heavy atom. The van der Waals surface area contributed by atoms with E-state index < -0.39 is 0 Å². The van der Waals surface area contributed by atoms with Crippen molar-refractivity contribution < 1.29 is 9.53 Å². The molecule has 0 heterocycles. The fraction of sp³-hybridized carbons (Fsp3) is 0.562. The number of carbonyl (C=O) groups excluding carboxylic acids is 1. The van der Waals surface area contributed by atoms with E-state index in [0.717, 1.165) is 24.3 Å². The van der Waals surface area contributed by atoms with Crippen molar-refractivity contribution in [2.24, 2.45) is 0 Å². The van der Waals surface area contributed by atoms with Crippen molar-refractivity contribution in [1.29, 1.82) is 0 Å². The first-order valence-corrected chi connectivity index (χ1v) is 7.13. The lowest BCUT2D eigenvalue weighted by molar-refractivity contribution is -0.154. The molecule has 0 fully saturated rings. The van der Waals surface area contributed by atoms with E-state index in [-0.39, 0.29) is 11.6 Å². The van der Waals surface area contributed by atoms with Gasteiger partial charge in [0, 0.05) is 11.9 Å². The van der Waals surface area contributed by atoms with Gasteiger partial charge in [0.1, 0.15) is 5.60 Å². The fourth-order valence-corrected chi connectivity index (χ4v) is 2.36. The number of hydrogen-bond donors (Lipinski definition) is 0. The first kappa shape index (κ1) is 16.0. The molecule has 0 aliphatic rings. The summed E-state index contributed by atoms with van der Waals surface area (Å²) in [6.45, 7) is 7.59. The molecule has 0 aromatic heterocycles. The molecule has 1 aromatic carbocycles. The van der Waals surface area contributed by atoms with Gasteiger partial charge in [-0.1, -0.05) is 30.7 Å². The van der Waals surface area contributed by atoms with Crippen LogP contribution in [0.1, 0.15) is 58.4 Å². The van der Waals surface area contributed by atoms with Gasteiger partial charge < -0.3 is 4.74 Å². The molecular formula is C16H23ClO2. The highest BCUT2D eigenvalue weighted by Gasteiger charge is 2.21. The average Bonchev–Trinajstić information content (AvgIpc) is 2.27. The molecule has 0 aliphatic carbocycles. The topological polar surface area (TPSA) is 26.3 Å². The van der Waals surface area contributed by atoms with Gasteiger partial charge in [0.15, 0.2) is 0 Å². The Morgan fingerprint density at radius 1 is 1.32 bits per heavy atom. The summed E-state index contributed by atoms with van der Waals surface area (Å²) in [5.41, 5.74) is 0.931. The Bertz CT molecular complexity index is 409. The number of hydrogen-bond acceptors (Lipinski definition) is 2. The normalized spacial score (nSPS) is 13.1. The zero-order chi connectivity index (χ0) is 14.5. The second-order valence-electron chi connectivity index (χ2n) is 5.70. The fourth-order valence-electron chi connectivity index (χ4n) is 2.23. The van der Waals surface area contributed by atoms with Gasteiger partial charge in [-0.15, -0.1) is 0 Å². The van der Waals surface area contributed by atoms with Gasteiger partial charge in [-0.25, -0.2) is 0 Å². The predicted molar refractivity (Wildman–Crippen MR) is 79.6 cm³/mol. The van der Waals surface area contributed by atoms with Gasteiger partial charge in [0.05, 0.1) is 0 Å². The number of benzene rings is 1. The molecular weight excluding hydrogens is 260 g/mol. The van der Waals surface area contributed by atoms with E-state index in [0.29, 0.717) is 5.92 Å². The number of esters is 1. The predicted octanol–water partition coefficient (Wildman–Crippen LogP) is 4.96. The third-order valence-electron chi connectivity index (χ3n) is 3.28. The molecule has 0 bridgehead atoms. The van der Waals surface area contributed by atoms with E-state index in [9.17, 15) is 4.79 Å². The maximum Gasteiger partial charge on any atom is 0.303 e. The van der Waals surface area contributed by atoms with Crippen molar-refractivity contribution in [3.05, 3.63) is 34.9 Å².